The molecule has 18 heavy (non-hydrogen) atoms. The maximum Gasteiger partial charge on any atom is 0.503 e. The Morgan fingerprint density at radius 1 is 1.06 bits per heavy atom. The first-order chi connectivity index (χ1) is 8.49. The largest absolute Gasteiger partial charge is 0.503 e. The average Bonchev–Trinajstić information content (AvgIpc) is 2.27. The standard InChI is InChI=1S/C13H28O4Si/c1-7-15-18(16-8-2,17-9-3)11-13(6)14-10-12(4)5/h13H,4,7-11H2,1-3,5-6H3. The van der Waals surface area contributed by atoms with E-state index in [2.05, 4.69) is 6.58 Å². The van der Waals surface area contributed by atoms with Gasteiger partial charge in [0.15, 0.2) is 0 Å². The van der Waals surface area contributed by atoms with Crippen molar-refractivity contribution in [1.29, 1.82) is 0 Å². The van der Waals surface area contributed by atoms with Gasteiger partial charge in [0.05, 0.1) is 12.7 Å². The minimum absolute atomic E-state index is 0.0398. The van der Waals surface area contributed by atoms with Crippen molar-refractivity contribution in [3.63, 3.8) is 0 Å². The van der Waals surface area contributed by atoms with Gasteiger partial charge in [-0.15, -0.1) is 0 Å². The van der Waals surface area contributed by atoms with E-state index in [1.165, 1.54) is 0 Å². The van der Waals surface area contributed by atoms with Crippen molar-refractivity contribution < 1.29 is 18.0 Å². The SMILES string of the molecule is C=C(C)COC(C)C[Si](OCC)(OCC)OCC. The highest BCUT2D eigenvalue weighted by molar-refractivity contribution is 6.60. The van der Waals surface area contributed by atoms with Crippen LogP contribution in [0.1, 0.15) is 34.6 Å². The molecule has 0 rings (SSSR count). The lowest BCUT2D eigenvalue weighted by atomic mass is 10.4. The molecular weight excluding hydrogens is 248 g/mol. The fourth-order valence-electron chi connectivity index (χ4n) is 1.66. The molecule has 1 unspecified atom stereocenters. The van der Waals surface area contributed by atoms with Crippen LogP contribution in [-0.4, -0.2) is 41.3 Å². The molecule has 5 heteroatoms. The van der Waals surface area contributed by atoms with Crippen molar-refractivity contribution >= 4 is 8.80 Å². The summed E-state index contributed by atoms with van der Waals surface area (Å²) in [5, 5.41) is 0. The van der Waals surface area contributed by atoms with Crippen LogP contribution in [0, 0.1) is 0 Å². The molecule has 0 aliphatic heterocycles. The highest BCUT2D eigenvalue weighted by Gasteiger charge is 2.42. The second kappa shape index (κ2) is 9.69. The highest BCUT2D eigenvalue weighted by Crippen LogP contribution is 2.20. The Kier molecular flexibility index (Phi) is 9.58. The summed E-state index contributed by atoms with van der Waals surface area (Å²) >= 11 is 0. The third-order valence-electron chi connectivity index (χ3n) is 2.24. The van der Waals surface area contributed by atoms with E-state index < -0.39 is 8.80 Å². The van der Waals surface area contributed by atoms with E-state index in [4.69, 9.17) is 18.0 Å². The van der Waals surface area contributed by atoms with E-state index in [0.29, 0.717) is 32.5 Å². The van der Waals surface area contributed by atoms with Crippen LogP contribution in [0.15, 0.2) is 12.2 Å². The fraction of sp³-hybridized carbons (Fsp3) is 0.846. The smallest absolute Gasteiger partial charge is 0.374 e. The molecule has 0 aliphatic rings. The Bertz CT molecular complexity index is 216. The maximum atomic E-state index is 5.78. The van der Waals surface area contributed by atoms with Gasteiger partial charge in [0, 0.05) is 25.9 Å². The van der Waals surface area contributed by atoms with Crippen LogP contribution in [0.2, 0.25) is 6.04 Å². The molecule has 0 N–H and O–H groups in total. The minimum atomic E-state index is -2.59. The van der Waals surface area contributed by atoms with Gasteiger partial charge in [-0.25, -0.2) is 0 Å². The number of hydrogen-bond donors (Lipinski definition) is 0. The van der Waals surface area contributed by atoms with Crippen LogP contribution in [0.4, 0.5) is 0 Å². The van der Waals surface area contributed by atoms with E-state index in [1.54, 1.807) is 0 Å². The van der Waals surface area contributed by atoms with E-state index in [9.17, 15) is 0 Å². The van der Waals surface area contributed by atoms with Gasteiger partial charge >= 0.3 is 8.80 Å². The number of ether oxygens (including phenoxy) is 1. The Hall–Kier alpha value is -0.203. The van der Waals surface area contributed by atoms with E-state index >= 15 is 0 Å². The number of hydrogen-bond acceptors (Lipinski definition) is 4. The Morgan fingerprint density at radius 2 is 1.50 bits per heavy atom. The quantitative estimate of drug-likeness (QED) is 0.429. The van der Waals surface area contributed by atoms with Crippen LogP contribution in [-0.2, 0) is 18.0 Å². The fourth-order valence-corrected chi connectivity index (χ4v) is 4.40. The zero-order chi connectivity index (χ0) is 14.0. The first-order valence-corrected chi connectivity index (χ1v) is 8.60. The molecule has 0 radical (unpaired) electrons. The molecule has 0 bridgehead atoms. The first-order valence-electron chi connectivity index (χ1n) is 6.67. The Labute approximate surface area is 113 Å². The molecular formula is C13H28O4Si. The second-order valence-electron chi connectivity index (χ2n) is 4.26. The molecule has 0 aromatic heterocycles. The first kappa shape index (κ1) is 17.8. The van der Waals surface area contributed by atoms with Gasteiger partial charge < -0.3 is 18.0 Å². The van der Waals surface area contributed by atoms with E-state index in [1.807, 2.05) is 34.6 Å². The van der Waals surface area contributed by atoms with Gasteiger partial charge in [0.2, 0.25) is 0 Å². The van der Waals surface area contributed by atoms with Gasteiger partial charge in [0.25, 0.3) is 0 Å². The molecule has 0 aromatic carbocycles. The van der Waals surface area contributed by atoms with Crippen LogP contribution >= 0.6 is 0 Å². The van der Waals surface area contributed by atoms with E-state index in [0.717, 1.165) is 5.57 Å². The lowest BCUT2D eigenvalue weighted by Gasteiger charge is -2.30. The summed E-state index contributed by atoms with van der Waals surface area (Å²) in [6.07, 6.45) is 0.0398. The summed E-state index contributed by atoms with van der Waals surface area (Å²) in [6, 6.07) is 0.676. The third-order valence-corrected chi connectivity index (χ3v) is 5.50. The summed E-state index contributed by atoms with van der Waals surface area (Å²) < 4.78 is 23.0. The van der Waals surface area contributed by atoms with Gasteiger partial charge in [0.1, 0.15) is 0 Å². The summed E-state index contributed by atoms with van der Waals surface area (Å²) in [5.74, 6) is 0. The molecule has 0 saturated heterocycles. The maximum absolute atomic E-state index is 5.78. The minimum Gasteiger partial charge on any atom is -0.374 e. The zero-order valence-corrected chi connectivity index (χ0v) is 13.5. The van der Waals surface area contributed by atoms with Crippen LogP contribution in [0.5, 0.6) is 0 Å². The Morgan fingerprint density at radius 3 is 1.83 bits per heavy atom. The lowest BCUT2D eigenvalue weighted by Crippen LogP contribution is -2.48. The summed E-state index contributed by atoms with van der Waals surface area (Å²) in [6.45, 7) is 16.0. The normalized spacial score (nSPS) is 13.6. The van der Waals surface area contributed by atoms with Crippen molar-refractivity contribution in [2.45, 2.75) is 46.8 Å². The molecule has 108 valence electrons. The van der Waals surface area contributed by atoms with Crippen LogP contribution in [0.25, 0.3) is 0 Å². The molecule has 1 atom stereocenters. The molecule has 0 aliphatic carbocycles. The molecule has 0 amide bonds. The monoisotopic (exact) mass is 276 g/mol. The molecule has 0 saturated carbocycles. The van der Waals surface area contributed by atoms with Gasteiger partial charge in [-0.05, 0) is 34.6 Å². The van der Waals surface area contributed by atoms with Crippen molar-refractivity contribution in [3.8, 4) is 0 Å². The summed E-state index contributed by atoms with van der Waals surface area (Å²) in [5.41, 5.74) is 1.01. The van der Waals surface area contributed by atoms with Crippen LogP contribution < -0.4 is 0 Å². The molecule has 0 heterocycles. The Balaban J connectivity index is 4.47. The summed E-state index contributed by atoms with van der Waals surface area (Å²) in [7, 11) is -2.59. The molecule has 0 spiro atoms. The molecule has 0 aromatic rings. The number of rotatable bonds is 11. The van der Waals surface area contributed by atoms with Gasteiger partial charge in [-0.2, -0.15) is 0 Å². The van der Waals surface area contributed by atoms with E-state index in [-0.39, 0.29) is 6.10 Å². The lowest BCUT2D eigenvalue weighted by molar-refractivity contribution is 0.0396. The predicted octanol–water partition coefficient (Wildman–Crippen LogP) is 3.02. The van der Waals surface area contributed by atoms with Crippen molar-refractivity contribution in [2.24, 2.45) is 0 Å². The predicted molar refractivity (Wildman–Crippen MR) is 75.7 cm³/mol. The highest BCUT2D eigenvalue weighted by atomic mass is 28.4. The van der Waals surface area contributed by atoms with Crippen molar-refractivity contribution in [3.05, 3.63) is 12.2 Å². The topological polar surface area (TPSA) is 36.9 Å². The zero-order valence-electron chi connectivity index (χ0n) is 12.5. The average molecular weight is 276 g/mol. The van der Waals surface area contributed by atoms with Crippen LogP contribution in [0.3, 0.4) is 0 Å². The molecule has 0 fully saturated rings. The third kappa shape index (κ3) is 7.28. The second-order valence-corrected chi connectivity index (χ2v) is 6.91. The summed E-state index contributed by atoms with van der Waals surface area (Å²) in [4.78, 5) is 0. The van der Waals surface area contributed by atoms with Gasteiger partial charge in [-0.1, -0.05) is 12.2 Å². The van der Waals surface area contributed by atoms with Crippen molar-refractivity contribution in [1.82, 2.24) is 0 Å². The van der Waals surface area contributed by atoms with Crippen molar-refractivity contribution in [2.75, 3.05) is 26.4 Å². The molecule has 4 nitrogen and oxygen atoms in total. The van der Waals surface area contributed by atoms with Gasteiger partial charge in [-0.3, -0.25) is 0 Å².